The summed E-state index contributed by atoms with van der Waals surface area (Å²) in [5, 5.41) is 9.93. The van der Waals surface area contributed by atoms with Crippen molar-refractivity contribution in [1.82, 2.24) is 9.80 Å². The van der Waals surface area contributed by atoms with Crippen molar-refractivity contribution in [2.24, 2.45) is 0 Å². The van der Waals surface area contributed by atoms with Crippen LogP contribution >= 0.6 is 11.6 Å². The highest BCUT2D eigenvalue weighted by molar-refractivity contribution is 6.31. The van der Waals surface area contributed by atoms with Gasteiger partial charge >= 0.3 is 6.09 Å². The van der Waals surface area contributed by atoms with Crippen LogP contribution in [-0.4, -0.2) is 73.0 Å². The number of morpholine rings is 1. The number of hydrogen-bond donors (Lipinski definition) is 1. The number of halogens is 1. The summed E-state index contributed by atoms with van der Waals surface area (Å²) in [4.78, 5) is 17.2. The zero-order chi connectivity index (χ0) is 17.1. The summed E-state index contributed by atoms with van der Waals surface area (Å²) in [5.41, 5.74) is 2.22. The Morgan fingerprint density at radius 3 is 2.67 bits per heavy atom. The van der Waals surface area contributed by atoms with Crippen molar-refractivity contribution >= 4 is 23.4 Å². The predicted molar refractivity (Wildman–Crippen MR) is 94.0 cm³/mol. The first-order chi connectivity index (χ1) is 11.5. The van der Waals surface area contributed by atoms with Crippen molar-refractivity contribution in [2.75, 3.05) is 50.8 Å². The van der Waals surface area contributed by atoms with Gasteiger partial charge in [0.25, 0.3) is 0 Å². The Labute approximate surface area is 147 Å². The lowest BCUT2D eigenvalue weighted by Gasteiger charge is -2.38. The number of carbonyl (C=O) groups is 1. The molecular formula is C17H24ClN3O3. The molecule has 7 heteroatoms. The van der Waals surface area contributed by atoms with Gasteiger partial charge in [-0.25, -0.2) is 4.79 Å². The van der Waals surface area contributed by atoms with Crippen LogP contribution in [0.15, 0.2) is 18.2 Å². The minimum absolute atomic E-state index is 0.00245. The van der Waals surface area contributed by atoms with Crippen LogP contribution in [-0.2, 0) is 11.3 Å². The maximum absolute atomic E-state index is 11.1. The number of amides is 1. The second-order valence-corrected chi connectivity index (χ2v) is 6.84. The topological polar surface area (TPSA) is 56.2 Å². The third-order valence-electron chi connectivity index (χ3n) is 4.76. The zero-order valence-corrected chi connectivity index (χ0v) is 14.7. The third kappa shape index (κ3) is 3.94. The van der Waals surface area contributed by atoms with E-state index in [-0.39, 0.29) is 6.04 Å². The SMILES string of the molecule is C[C@H]1CN(Cc2ccc(N3CCOCC3)cc2Cl)CCN1C(=O)O. The molecule has 0 aromatic heterocycles. The molecule has 3 rings (SSSR count). The minimum atomic E-state index is -0.838. The Morgan fingerprint density at radius 2 is 2.04 bits per heavy atom. The lowest BCUT2D eigenvalue weighted by atomic mass is 10.1. The van der Waals surface area contributed by atoms with E-state index >= 15 is 0 Å². The molecule has 1 atom stereocenters. The number of ether oxygens (including phenoxy) is 1. The van der Waals surface area contributed by atoms with Gasteiger partial charge in [-0.1, -0.05) is 17.7 Å². The first-order valence-electron chi connectivity index (χ1n) is 8.37. The monoisotopic (exact) mass is 353 g/mol. The van der Waals surface area contributed by atoms with Crippen molar-refractivity contribution in [2.45, 2.75) is 19.5 Å². The van der Waals surface area contributed by atoms with E-state index in [4.69, 9.17) is 21.4 Å². The zero-order valence-electron chi connectivity index (χ0n) is 13.9. The average molecular weight is 354 g/mol. The first kappa shape index (κ1) is 17.3. The fraction of sp³-hybridized carbons (Fsp3) is 0.588. The molecule has 1 amide bonds. The molecular weight excluding hydrogens is 330 g/mol. The van der Waals surface area contributed by atoms with Gasteiger partial charge < -0.3 is 19.6 Å². The molecule has 0 unspecified atom stereocenters. The Hall–Kier alpha value is -1.50. The lowest BCUT2D eigenvalue weighted by molar-refractivity contribution is 0.0711. The average Bonchev–Trinajstić information content (AvgIpc) is 2.57. The molecule has 0 radical (unpaired) electrons. The molecule has 132 valence electrons. The Kier molecular flexibility index (Phi) is 5.48. The van der Waals surface area contributed by atoms with E-state index in [1.54, 1.807) is 0 Å². The van der Waals surface area contributed by atoms with Gasteiger partial charge in [0, 0.05) is 56.0 Å². The van der Waals surface area contributed by atoms with Crippen molar-refractivity contribution in [3.63, 3.8) is 0 Å². The van der Waals surface area contributed by atoms with Crippen molar-refractivity contribution in [1.29, 1.82) is 0 Å². The highest BCUT2D eigenvalue weighted by atomic mass is 35.5. The minimum Gasteiger partial charge on any atom is -0.465 e. The Morgan fingerprint density at radius 1 is 1.29 bits per heavy atom. The third-order valence-corrected chi connectivity index (χ3v) is 5.12. The lowest BCUT2D eigenvalue weighted by Crippen LogP contribution is -2.53. The highest BCUT2D eigenvalue weighted by Crippen LogP contribution is 2.26. The number of benzene rings is 1. The van der Waals surface area contributed by atoms with E-state index in [0.717, 1.165) is 62.2 Å². The largest absolute Gasteiger partial charge is 0.465 e. The summed E-state index contributed by atoms with van der Waals surface area (Å²) in [5.74, 6) is 0. The number of rotatable bonds is 3. The second kappa shape index (κ2) is 7.59. The van der Waals surface area contributed by atoms with Crippen LogP contribution < -0.4 is 4.90 Å². The van der Waals surface area contributed by atoms with Crippen LogP contribution in [0.5, 0.6) is 0 Å². The molecule has 2 heterocycles. The van der Waals surface area contributed by atoms with E-state index in [0.29, 0.717) is 6.54 Å². The fourth-order valence-electron chi connectivity index (χ4n) is 3.38. The van der Waals surface area contributed by atoms with Crippen LogP contribution in [0.1, 0.15) is 12.5 Å². The molecule has 2 aliphatic rings. The molecule has 2 aliphatic heterocycles. The molecule has 2 fully saturated rings. The fourth-order valence-corrected chi connectivity index (χ4v) is 3.62. The molecule has 6 nitrogen and oxygen atoms in total. The summed E-state index contributed by atoms with van der Waals surface area (Å²) < 4.78 is 5.38. The van der Waals surface area contributed by atoms with E-state index in [9.17, 15) is 4.79 Å². The molecule has 0 aliphatic carbocycles. The van der Waals surface area contributed by atoms with E-state index in [1.807, 2.05) is 13.0 Å². The normalized spacial score (nSPS) is 22.7. The van der Waals surface area contributed by atoms with Crippen molar-refractivity contribution in [3.8, 4) is 0 Å². The van der Waals surface area contributed by atoms with Gasteiger partial charge in [-0.3, -0.25) is 4.90 Å². The summed E-state index contributed by atoms with van der Waals surface area (Å²) in [7, 11) is 0. The molecule has 1 aromatic rings. The van der Waals surface area contributed by atoms with Gasteiger partial charge in [0.05, 0.1) is 13.2 Å². The molecule has 2 saturated heterocycles. The number of hydrogen-bond acceptors (Lipinski definition) is 4. The standard InChI is InChI=1S/C17H24ClN3O3/c1-13-11-19(4-5-21(13)17(22)23)12-14-2-3-15(10-16(14)18)20-6-8-24-9-7-20/h2-3,10,13H,4-9,11-12H2,1H3,(H,22,23)/t13-/m0/s1. The van der Waals surface area contributed by atoms with Crippen molar-refractivity contribution < 1.29 is 14.6 Å². The van der Waals surface area contributed by atoms with Gasteiger partial charge in [-0.05, 0) is 24.6 Å². The summed E-state index contributed by atoms with van der Waals surface area (Å²) in [6, 6.07) is 6.23. The maximum Gasteiger partial charge on any atom is 0.407 e. The quantitative estimate of drug-likeness (QED) is 0.904. The number of carboxylic acid groups (broad SMARTS) is 1. The smallest absolute Gasteiger partial charge is 0.407 e. The van der Waals surface area contributed by atoms with Crippen LogP contribution in [0.25, 0.3) is 0 Å². The Bertz CT molecular complexity index is 592. The summed E-state index contributed by atoms with van der Waals surface area (Å²) in [6.45, 7) is 8.00. The van der Waals surface area contributed by atoms with Crippen LogP contribution in [0, 0.1) is 0 Å². The molecule has 0 bridgehead atoms. The second-order valence-electron chi connectivity index (χ2n) is 6.44. The predicted octanol–water partition coefficient (Wildman–Crippen LogP) is 2.36. The molecule has 0 spiro atoms. The van der Waals surface area contributed by atoms with Gasteiger partial charge in [0.2, 0.25) is 0 Å². The molecule has 1 N–H and O–H groups in total. The van der Waals surface area contributed by atoms with E-state index < -0.39 is 6.09 Å². The van der Waals surface area contributed by atoms with Gasteiger partial charge in [0.1, 0.15) is 0 Å². The van der Waals surface area contributed by atoms with Crippen molar-refractivity contribution in [3.05, 3.63) is 28.8 Å². The number of piperazine rings is 1. The Balaban J connectivity index is 1.62. The van der Waals surface area contributed by atoms with Crippen LogP contribution in [0.4, 0.5) is 10.5 Å². The van der Waals surface area contributed by atoms with Crippen LogP contribution in [0.2, 0.25) is 5.02 Å². The molecule has 1 aromatic carbocycles. The van der Waals surface area contributed by atoms with E-state index in [2.05, 4.69) is 21.9 Å². The van der Waals surface area contributed by atoms with Gasteiger partial charge in [0.15, 0.2) is 0 Å². The maximum atomic E-state index is 11.1. The highest BCUT2D eigenvalue weighted by Gasteiger charge is 2.27. The van der Waals surface area contributed by atoms with Gasteiger partial charge in [-0.15, -0.1) is 0 Å². The van der Waals surface area contributed by atoms with E-state index in [1.165, 1.54) is 4.90 Å². The summed E-state index contributed by atoms with van der Waals surface area (Å²) >= 11 is 6.49. The molecule has 24 heavy (non-hydrogen) atoms. The number of anilines is 1. The summed E-state index contributed by atoms with van der Waals surface area (Å²) in [6.07, 6.45) is -0.838. The first-order valence-corrected chi connectivity index (χ1v) is 8.75. The van der Waals surface area contributed by atoms with Gasteiger partial charge in [-0.2, -0.15) is 0 Å². The number of nitrogens with zero attached hydrogens (tertiary/aromatic N) is 3. The molecule has 0 saturated carbocycles. The van der Waals surface area contributed by atoms with Crippen LogP contribution in [0.3, 0.4) is 0 Å².